The van der Waals surface area contributed by atoms with Gasteiger partial charge in [0.1, 0.15) is 0 Å². The predicted molar refractivity (Wildman–Crippen MR) is 95.2 cm³/mol. The van der Waals surface area contributed by atoms with Crippen LogP contribution in [0.4, 0.5) is 0 Å². The summed E-state index contributed by atoms with van der Waals surface area (Å²) in [4.78, 5) is 11.3. The number of carbonyl (C=O) groups excluding carboxylic acids is 1. The second-order valence-corrected chi connectivity index (χ2v) is 7.51. The van der Waals surface area contributed by atoms with Crippen LogP contribution in [0.25, 0.3) is 10.8 Å². The lowest BCUT2D eigenvalue weighted by molar-refractivity contribution is -0.143. The maximum absolute atomic E-state index is 12.2. The highest BCUT2D eigenvalue weighted by Crippen LogP contribution is 2.24. The van der Waals surface area contributed by atoms with Gasteiger partial charge in [-0.3, -0.25) is 4.79 Å². The molecule has 2 rings (SSSR count). The van der Waals surface area contributed by atoms with Crippen LogP contribution in [0, 0.1) is 0 Å². The molecule has 130 valence electrons. The first-order chi connectivity index (χ1) is 11.4. The third kappa shape index (κ3) is 5.04. The van der Waals surface area contributed by atoms with Gasteiger partial charge in [-0.15, -0.1) is 0 Å². The predicted octanol–water partition coefficient (Wildman–Crippen LogP) is 3.16. The van der Waals surface area contributed by atoms with Gasteiger partial charge >= 0.3 is 5.97 Å². The standard InChI is InChI=1S/C18H23NO4S/c1-3-23-18(20)12-7-13-24(21,22)19-14(2)16-11-6-9-15-8-4-5-10-17(15)16/h4-6,8-11,14,19H,3,7,12-13H2,1-2H3. The normalized spacial score (nSPS) is 12.9. The Bertz CT molecular complexity index is 796. The minimum atomic E-state index is -3.47. The van der Waals surface area contributed by atoms with Crippen LogP contribution in [-0.4, -0.2) is 26.7 Å². The van der Waals surface area contributed by atoms with E-state index in [4.69, 9.17) is 4.74 Å². The second-order valence-electron chi connectivity index (χ2n) is 5.64. The van der Waals surface area contributed by atoms with Crippen LogP contribution in [0.1, 0.15) is 38.3 Å². The molecule has 0 amide bonds. The van der Waals surface area contributed by atoms with Gasteiger partial charge in [-0.2, -0.15) is 0 Å². The summed E-state index contributed by atoms with van der Waals surface area (Å²) in [6.07, 6.45) is 0.355. The van der Waals surface area contributed by atoms with Gasteiger partial charge in [-0.1, -0.05) is 42.5 Å². The van der Waals surface area contributed by atoms with Crippen LogP contribution in [0.2, 0.25) is 0 Å². The molecule has 0 radical (unpaired) electrons. The number of fused-ring (bicyclic) bond motifs is 1. The fourth-order valence-electron chi connectivity index (χ4n) is 2.66. The van der Waals surface area contributed by atoms with Crippen LogP contribution in [0.3, 0.4) is 0 Å². The number of hydrogen-bond acceptors (Lipinski definition) is 4. The summed E-state index contributed by atoms with van der Waals surface area (Å²) in [6, 6.07) is 13.4. The second kappa shape index (κ2) is 8.26. The molecular weight excluding hydrogens is 326 g/mol. The molecule has 5 nitrogen and oxygen atoms in total. The van der Waals surface area contributed by atoms with Crippen molar-refractivity contribution >= 4 is 26.8 Å². The van der Waals surface area contributed by atoms with E-state index in [1.165, 1.54) is 0 Å². The molecule has 0 aliphatic carbocycles. The van der Waals surface area contributed by atoms with E-state index in [0.29, 0.717) is 6.61 Å². The fraction of sp³-hybridized carbons (Fsp3) is 0.389. The Morgan fingerprint density at radius 2 is 1.88 bits per heavy atom. The SMILES string of the molecule is CCOC(=O)CCCS(=O)(=O)NC(C)c1cccc2ccccc12. The van der Waals surface area contributed by atoms with Gasteiger partial charge < -0.3 is 4.74 Å². The zero-order valence-electron chi connectivity index (χ0n) is 14.0. The largest absolute Gasteiger partial charge is 0.466 e. The van der Waals surface area contributed by atoms with E-state index >= 15 is 0 Å². The molecule has 0 heterocycles. The zero-order valence-corrected chi connectivity index (χ0v) is 14.8. The van der Waals surface area contributed by atoms with Crippen LogP contribution >= 0.6 is 0 Å². The van der Waals surface area contributed by atoms with E-state index in [1.54, 1.807) is 6.92 Å². The van der Waals surface area contributed by atoms with Crippen molar-refractivity contribution in [2.45, 2.75) is 32.7 Å². The van der Waals surface area contributed by atoms with E-state index in [0.717, 1.165) is 16.3 Å². The highest BCUT2D eigenvalue weighted by Gasteiger charge is 2.17. The molecule has 0 aliphatic heterocycles. The number of nitrogens with one attached hydrogen (secondary N) is 1. The van der Waals surface area contributed by atoms with Crippen LogP contribution in [0.5, 0.6) is 0 Å². The lowest BCUT2D eigenvalue weighted by atomic mass is 10.0. The van der Waals surface area contributed by atoms with Crippen LogP contribution in [0.15, 0.2) is 42.5 Å². The minimum Gasteiger partial charge on any atom is -0.466 e. The number of ether oxygens (including phenoxy) is 1. The van der Waals surface area contributed by atoms with Gasteiger partial charge in [0.15, 0.2) is 0 Å². The maximum atomic E-state index is 12.2. The highest BCUT2D eigenvalue weighted by molar-refractivity contribution is 7.89. The van der Waals surface area contributed by atoms with Gasteiger partial charge in [0.05, 0.1) is 12.4 Å². The Hall–Kier alpha value is -1.92. The van der Waals surface area contributed by atoms with Gasteiger partial charge in [-0.05, 0) is 36.6 Å². The van der Waals surface area contributed by atoms with Crippen molar-refractivity contribution in [2.75, 3.05) is 12.4 Å². The van der Waals surface area contributed by atoms with Crippen molar-refractivity contribution in [1.29, 1.82) is 0 Å². The summed E-state index contributed by atoms with van der Waals surface area (Å²) in [7, 11) is -3.47. The van der Waals surface area contributed by atoms with Crippen molar-refractivity contribution in [1.82, 2.24) is 4.72 Å². The fourth-order valence-corrected chi connectivity index (χ4v) is 3.97. The van der Waals surface area contributed by atoms with Gasteiger partial charge in [0.25, 0.3) is 0 Å². The summed E-state index contributed by atoms with van der Waals surface area (Å²) < 4.78 is 31.9. The van der Waals surface area contributed by atoms with Gasteiger partial charge in [-0.25, -0.2) is 13.1 Å². The monoisotopic (exact) mass is 349 g/mol. The number of esters is 1. The van der Waals surface area contributed by atoms with E-state index in [9.17, 15) is 13.2 Å². The lowest BCUT2D eigenvalue weighted by Gasteiger charge is -2.16. The molecule has 24 heavy (non-hydrogen) atoms. The average Bonchev–Trinajstić information content (AvgIpc) is 2.54. The molecule has 2 aromatic carbocycles. The first kappa shape index (κ1) is 18.4. The Kier molecular flexibility index (Phi) is 6.34. The molecule has 0 bridgehead atoms. The van der Waals surface area contributed by atoms with Crippen molar-refractivity contribution < 1.29 is 17.9 Å². The molecule has 0 saturated heterocycles. The molecular formula is C18H23NO4S. The van der Waals surface area contributed by atoms with E-state index in [-0.39, 0.29) is 30.6 Å². The maximum Gasteiger partial charge on any atom is 0.305 e. The summed E-state index contributed by atoms with van der Waals surface area (Å²) in [5.41, 5.74) is 0.932. The quantitative estimate of drug-likeness (QED) is 0.743. The Balaban J connectivity index is 2.02. The first-order valence-corrected chi connectivity index (χ1v) is 9.71. The molecule has 0 spiro atoms. The third-order valence-corrected chi connectivity index (χ3v) is 5.28. The van der Waals surface area contributed by atoms with Crippen LogP contribution in [-0.2, 0) is 19.6 Å². The van der Waals surface area contributed by atoms with Gasteiger partial charge in [0.2, 0.25) is 10.0 Å². The molecule has 6 heteroatoms. The van der Waals surface area contributed by atoms with Crippen LogP contribution < -0.4 is 4.72 Å². The van der Waals surface area contributed by atoms with Crippen molar-refractivity contribution in [2.24, 2.45) is 0 Å². The number of benzene rings is 2. The van der Waals surface area contributed by atoms with E-state index in [2.05, 4.69) is 4.72 Å². The number of sulfonamides is 1. The lowest BCUT2D eigenvalue weighted by Crippen LogP contribution is -2.29. The Morgan fingerprint density at radius 3 is 2.62 bits per heavy atom. The summed E-state index contributed by atoms with van der Waals surface area (Å²) in [5.74, 6) is -0.462. The molecule has 0 fully saturated rings. The van der Waals surface area contributed by atoms with Gasteiger partial charge in [0, 0.05) is 12.5 Å². The zero-order chi connectivity index (χ0) is 17.6. The molecule has 0 aromatic heterocycles. The Morgan fingerprint density at radius 1 is 1.17 bits per heavy atom. The van der Waals surface area contributed by atoms with Crippen molar-refractivity contribution in [3.63, 3.8) is 0 Å². The number of carbonyl (C=O) groups is 1. The third-order valence-electron chi connectivity index (χ3n) is 3.75. The molecule has 0 aliphatic rings. The molecule has 2 aromatic rings. The molecule has 1 N–H and O–H groups in total. The summed E-state index contributed by atoms with van der Waals surface area (Å²) in [5, 5.41) is 2.10. The van der Waals surface area contributed by atoms with Crippen molar-refractivity contribution in [3.05, 3.63) is 48.0 Å². The topological polar surface area (TPSA) is 72.5 Å². The Labute approximate surface area is 143 Å². The molecule has 1 atom stereocenters. The van der Waals surface area contributed by atoms with E-state index in [1.807, 2.05) is 49.4 Å². The average molecular weight is 349 g/mol. The first-order valence-electron chi connectivity index (χ1n) is 8.06. The van der Waals surface area contributed by atoms with E-state index < -0.39 is 10.0 Å². The molecule has 0 saturated carbocycles. The van der Waals surface area contributed by atoms with Crippen molar-refractivity contribution in [3.8, 4) is 0 Å². The number of hydrogen-bond donors (Lipinski definition) is 1. The highest BCUT2D eigenvalue weighted by atomic mass is 32.2. The molecule has 1 unspecified atom stereocenters. The number of rotatable bonds is 8. The minimum absolute atomic E-state index is 0.0963. The summed E-state index contributed by atoms with van der Waals surface area (Å²) in [6.45, 7) is 3.86. The summed E-state index contributed by atoms with van der Waals surface area (Å²) >= 11 is 0. The smallest absolute Gasteiger partial charge is 0.305 e.